The lowest BCUT2D eigenvalue weighted by Crippen LogP contribution is -2.32. The molecule has 0 radical (unpaired) electrons. The largest absolute Gasteiger partial charge is 0.456 e. The summed E-state index contributed by atoms with van der Waals surface area (Å²) in [5.74, 6) is 0. The molecule has 1 aromatic heterocycles. The Morgan fingerprint density at radius 1 is 0.857 bits per heavy atom. The van der Waals surface area contributed by atoms with E-state index in [1.807, 2.05) is 12.1 Å². The normalized spacial score (nSPS) is 21.6. The van der Waals surface area contributed by atoms with Crippen molar-refractivity contribution in [3.05, 3.63) is 83.9 Å². The molecule has 0 aliphatic carbocycles. The first-order valence-corrected chi connectivity index (χ1v) is 12.3. The van der Waals surface area contributed by atoms with E-state index in [9.17, 15) is 0 Å². The van der Waals surface area contributed by atoms with Crippen LogP contribution in [0.2, 0.25) is 5.02 Å². The molecular weight excluding hydrogens is 460 g/mol. The molecular formula is C29H23ClN2O3. The molecule has 1 N–H and O–H groups in total. The molecule has 5 aromatic rings. The van der Waals surface area contributed by atoms with E-state index in [1.165, 1.54) is 21.9 Å². The molecule has 174 valence electrons. The summed E-state index contributed by atoms with van der Waals surface area (Å²) in [5.41, 5.74) is 5.97. The number of nitrogens with zero attached hydrogens (tertiary/aromatic N) is 1. The zero-order valence-electron chi connectivity index (χ0n) is 18.9. The van der Waals surface area contributed by atoms with Crippen molar-refractivity contribution in [2.75, 3.05) is 13.2 Å². The van der Waals surface area contributed by atoms with Gasteiger partial charge >= 0.3 is 0 Å². The Hall–Kier alpha value is -3.38. The molecule has 2 aliphatic heterocycles. The van der Waals surface area contributed by atoms with Gasteiger partial charge in [-0.1, -0.05) is 72.3 Å². The van der Waals surface area contributed by atoms with Crippen LogP contribution in [0.1, 0.15) is 6.42 Å². The standard InChI is InChI=1S/C29H23ClN2O3/c30-23-15-25-24(31-29(32-25)35-27-16-34-26-11-12-33-28(26)27)14-22(23)19-8-5-18(6-9-19)21-10-7-17-3-1-2-4-20(17)13-21/h1-10,13-15,26-28H,11-12,16H2,(H,31,32)/t26-,27-,28+/m1/s1. The molecule has 0 amide bonds. The molecule has 3 atom stereocenters. The molecule has 3 heterocycles. The summed E-state index contributed by atoms with van der Waals surface area (Å²) in [7, 11) is 0. The molecule has 0 spiro atoms. The molecule has 0 unspecified atom stereocenters. The minimum atomic E-state index is -0.152. The van der Waals surface area contributed by atoms with Crippen LogP contribution in [0.3, 0.4) is 0 Å². The summed E-state index contributed by atoms with van der Waals surface area (Å²) < 4.78 is 17.7. The number of aromatic amines is 1. The van der Waals surface area contributed by atoms with Gasteiger partial charge in [-0.25, -0.2) is 0 Å². The number of H-pyrrole nitrogens is 1. The van der Waals surface area contributed by atoms with Gasteiger partial charge in [-0.3, -0.25) is 0 Å². The van der Waals surface area contributed by atoms with Crippen LogP contribution in [-0.4, -0.2) is 41.5 Å². The quantitative estimate of drug-likeness (QED) is 0.312. The maximum atomic E-state index is 6.68. The van der Waals surface area contributed by atoms with E-state index < -0.39 is 0 Å². The third-order valence-corrected chi connectivity index (χ3v) is 7.32. The molecule has 7 rings (SSSR count). The highest BCUT2D eigenvalue weighted by atomic mass is 35.5. The van der Waals surface area contributed by atoms with Crippen LogP contribution >= 0.6 is 11.6 Å². The second-order valence-corrected chi connectivity index (χ2v) is 9.59. The molecule has 2 saturated heterocycles. The van der Waals surface area contributed by atoms with Crippen molar-refractivity contribution in [2.24, 2.45) is 0 Å². The van der Waals surface area contributed by atoms with Crippen molar-refractivity contribution in [1.82, 2.24) is 9.97 Å². The van der Waals surface area contributed by atoms with Gasteiger partial charge in [0.2, 0.25) is 0 Å². The van der Waals surface area contributed by atoms with E-state index in [4.69, 9.17) is 25.8 Å². The summed E-state index contributed by atoms with van der Waals surface area (Å²) in [6, 6.07) is 27.8. The van der Waals surface area contributed by atoms with Crippen molar-refractivity contribution < 1.29 is 14.2 Å². The summed E-state index contributed by atoms with van der Waals surface area (Å²) in [5, 5.41) is 3.14. The number of nitrogens with one attached hydrogen (secondary N) is 1. The van der Waals surface area contributed by atoms with Gasteiger partial charge in [-0.15, -0.1) is 0 Å². The van der Waals surface area contributed by atoms with Gasteiger partial charge in [0, 0.05) is 12.2 Å². The summed E-state index contributed by atoms with van der Waals surface area (Å²) in [6.45, 7) is 1.23. The van der Waals surface area contributed by atoms with Gasteiger partial charge in [-0.2, -0.15) is 4.98 Å². The average molecular weight is 483 g/mol. The van der Waals surface area contributed by atoms with E-state index in [2.05, 4.69) is 76.7 Å². The SMILES string of the molecule is Clc1cc2[nH]c(O[C@@H]3CO[C@@H]4CCO[C@@H]43)nc2cc1-c1ccc(-c2ccc3ccccc3c2)cc1. The minimum Gasteiger partial charge on any atom is -0.456 e. The third kappa shape index (κ3) is 3.76. The number of imidazole rings is 1. The van der Waals surface area contributed by atoms with Crippen LogP contribution in [-0.2, 0) is 9.47 Å². The number of ether oxygens (including phenoxy) is 3. The van der Waals surface area contributed by atoms with Crippen LogP contribution < -0.4 is 4.74 Å². The zero-order valence-corrected chi connectivity index (χ0v) is 19.7. The Kier molecular flexibility index (Phi) is 5.02. The molecule has 0 saturated carbocycles. The first-order chi connectivity index (χ1) is 17.2. The number of aromatic nitrogens is 2. The van der Waals surface area contributed by atoms with Gasteiger partial charge in [0.25, 0.3) is 6.01 Å². The van der Waals surface area contributed by atoms with Crippen LogP contribution in [0.15, 0.2) is 78.9 Å². The molecule has 5 nitrogen and oxygen atoms in total. The lowest BCUT2D eigenvalue weighted by atomic mass is 9.98. The van der Waals surface area contributed by atoms with Gasteiger partial charge in [-0.05, 0) is 52.1 Å². The van der Waals surface area contributed by atoms with Crippen molar-refractivity contribution in [2.45, 2.75) is 24.7 Å². The summed E-state index contributed by atoms with van der Waals surface area (Å²) in [6.07, 6.45) is 0.871. The van der Waals surface area contributed by atoms with E-state index in [1.54, 1.807) is 0 Å². The van der Waals surface area contributed by atoms with Gasteiger partial charge in [0.1, 0.15) is 6.10 Å². The second kappa shape index (κ2) is 8.38. The van der Waals surface area contributed by atoms with Crippen molar-refractivity contribution in [1.29, 1.82) is 0 Å². The summed E-state index contributed by atoms with van der Waals surface area (Å²) >= 11 is 6.68. The number of halogens is 1. The number of benzene rings is 4. The maximum absolute atomic E-state index is 6.68. The monoisotopic (exact) mass is 482 g/mol. The fraction of sp³-hybridized carbons (Fsp3) is 0.207. The Labute approximate surface area is 207 Å². The Bertz CT molecular complexity index is 1550. The van der Waals surface area contributed by atoms with Gasteiger partial charge < -0.3 is 19.2 Å². The highest BCUT2D eigenvalue weighted by molar-refractivity contribution is 6.34. The van der Waals surface area contributed by atoms with Crippen molar-refractivity contribution in [3.8, 4) is 28.3 Å². The first kappa shape index (κ1) is 20.9. The number of rotatable bonds is 4. The van der Waals surface area contributed by atoms with Crippen LogP contribution in [0.5, 0.6) is 6.01 Å². The average Bonchev–Trinajstić information content (AvgIpc) is 3.60. The molecule has 35 heavy (non-hydrogen) atoms. The molecule has 0 bridgehead atoms. The number of fused-ring (bicyclic) bond motifs is 3. The Morgan fingerprint density at radius 3 is 2.54 bits per heavy atom. The van der Waals surface area contributed by atoms with Gasteiger partial charge in [0.15, 0.2) is 6.10 Å². The molecule has 2 aliphatic rings. The predicted octanol–water partition coefficient (Wildman–Crippen LogP) is 6.64. The fourth-order valence-corrected chi connectivity index (χ4v) is 5.44. The zero-order chi connectivity index (χ0) is 23.4. The van der Waals surface area contributed by atoms with E-state index in [0.29, 0.717) is 24.2 Å². The van der Waals surface area contributed by atoms with E-state index in [0.717, 1.165) is 28.6 Å². The summed E-state index contributed by atoms with van der Waals surface area (Å²) in [4.78, 5) is 7.90. The minimum absolute atomic E-state index is 0.0246. The maximum Gasteiger partial charge on any atom is 0.295 e. The first-order valence-electron chi connectivity index (χ1n) is 11.9. The lowest BCUT2D eigenvalue weighted by Gasteiger charge is -2.15. The molecule has 4 aromatic carbocycles. The number of hydrogen-bond donors (Lipinski definition) is 1. The molecule has 2 fully saturated rings. The van der Waals surface area contributed by atoms with Crippen molar-refractivity contribution >= 4 is 33.4 Å². The fourth-order valence-electron chi connectivity index (χ4n) is 5.17. The highest BCUT2D eigenvalue weighted by Gasteiger charge is 2.43. The smallest absolute Gasteiger partial charge is 0.295 e. The van der Waals surface area contributed by atoms with E-state index >= 15 is 0 Å². The van der Waals surface area contributed by atoms with Crippen LogP contribution in [0.4, 0.5) is 0 Å². The predicted molar refractivity (Wildman–Crippen MR) is 138 cm³/mol. The van der Waals surface area contributed by atoms with Crippen LogP contribution in [0, 0.1) is 0 Å². The highest BCUT2D eigenvalue weighted by Crippen LogP contribution is 2.35. The third-order valence-electron chi connectivity index (χ3n) is 7.01. The Morgan fingerprint density at radius 2 is 1.66 bits per heavy atom. The topological polar surface area (TPSA) is 56.4 Å². The molecule has 6 heteroatoms. The van der Waals surface area contributed by atoms with Crippen molar-refractivity contribution in [3.63, 3.8) is 0 Å². The van der Waals surface area contributed by atoms with E-state index in [-0.39, 0.29) is 18.3 Å². The lowest BCUT2D eigenvalue weighted by molar-refractivity contribution is 0.0273. The van der Waals surface area contributed by atoms with Crippen LogP contribution in [0.25, 0.3) is 44.1 Å². The van der Waals surface area contributed by atoms with Gasteiger partial charge in [0.05, 0.1) is 28.8 Å². The Balaban J connectivity index is 1.16. The number of hydrogen-bond acceptors (Lipinski definition) is 4. The second-order valence-electron chi connectivity index (χ2n) is 9.18.